The summed E-state index contributed by atoms with van der Waals surface area (Å²) >= 11 is 0. The van der Waals surface area contributed by atoms with Crippen molar-refractivity contribution in [2.24, 2.45) is 14.1 Å². The summed E-state index contributed by atoms with van der Waals surface area (Å²) in [6.45, 7) is 0. The fourth-order valence-corrected chi connectivity index (χ4v) is 3.02. The van der Waals surface area contributed by atoms with Crippen LogP contribution in [0.5, 0.6) is 5.75 Å². The average Bonchev–Trinajstić information content (AvgIpc) is 2.90. The van der Waals surface area contributed by atoms with E-state index in [-0.39, 0.29) is 0 Å². The molecule has 0 bridgehead atoms. The minimum atomic E-state index is 0.557. The van der Waals surface area contributed by atoms with Crippen LogP contribution in [0.4, 0.5) is 0 Å². The Morgan fingerprint density at radius 1 is 0.600 bits per heavy atom. The van der Waals surface area contributed by atoms with E-state index in [2.05, 4.69) is 18.2 Å². The number of nitriles is 1. The first-order chi connectivity index (χ1) is 17.1. The van der Waals surface area contributed by atoms with Gasteiger partial charge in [0, 0.05) is 29.8 Å². The lowest BCUT2D eigenvalue weighted by Gasteiger charge is -1.96. The Labute approximate surface area is 206 Å². The maximum atomic E-state index is 10.5. The quantitative estimate of drug-likeness (QED) is 0.230. The van der Waals surface area contributed by atoms with E-state index in [0.717, 1.165) is 28.5 Å². The molecule has 0 N–H and O–H groups in total. The highest BCUT2D eigenvalue weighted by Crippen LogP contribution is 2.14. The van der Waals surface area contributed by atoms with E-state index in [0.29, 0.717) is 11.3 Å². The molecule has 35 heavy (non-hydrogen) atoms. The molecule has 4 rings (SSSR count). The van der Waals surface area contributed by atoms with Crippen molar-refractivity contribution in [2.75, 3.05) is 0 Å². The van der Waals surface area contributed by atoms with Crippen molar-refractivity contribution in [3.63, 3.8) is 0 Å². The van der Waals surface area contributed by atoms with E-state index in [1.807, 2.05) is 115 Å². The van der Waals surface area contributed by atoms with Gasteiger partial charge in [0.2, 0.25) is 0 Å². The van der Waals surface area contributed by atoms with Crippen molar-refractivity contribution in [3.05, 3.63) is 125 Å². The highest BCUT2D eigenvalue weighted by Gasteiger charge is 1.95. The van der Waals surface area contributed by atoms with Crippen LogP contribution < -0.4 is 13.9 Å². The van der Waals surface area contributed by atoms with Gasteiger partial charge >= 0.3 is 0 Å². The van der Waals surface area contributed by atoms with Crippen LogP contribution in [0.25, 0.3) is 24.3 Å². The largest absolute Gasteiger partial charge is 0.388 e. The summed E-state index contributed by atoms with van der Waals surface area (Å²) in [6.07, 6.45) is 18.7. The third-order valence-electron chi connectivity index (χ3n) is 5.06. The Morgan fingerprint density at radius 2 is 0.943 bits per heavy atom. The predicted octanol–water partition coefficient (Wildman–Crippen LogP) is 5.04. The molecule has 0 fully saturated rings. The topological polar surface area (TPSA) is 57.9 Å². The zero-order valence-corrected chi connectivity index (χ0v) is 19.8. The SMILES string of the molecule is C[n+]1ccc(/C=C/c2ccc(C=O)cc2)cc1.C[n+]1ccc(/C=C/c2ccc(OC#N)cc2)cc1. The first-order valence-corrected chi connectivity index (χ1v) is 11.0. The first kappa shape index (κ1) is 24.8. The zero-order valence-electron chi connectivity index (χ0n) is 19.8. The molecule has 0 spiro atoms. The van der Waals surface area contributed by atoms with Gasteiger partial charge in [-0.1, -0.05) is 60.7 Å². The minimum absolute atomic E-state index is 0.557. The molecule has 2 heterocycles. The highest BCUT2D eigenvalue weighted by atomic mass is 16.5. The van der Waals surface area contributed by atoms with Crippen molar-refractivity contribution in [3.8, 4) is 12.0 Å². The third kappa shape index (κ3) is 8.56. The van der Waals surface area contributed by atoms with Crippen LogP contribution in [0, 0.1) is 11.5 Å². The highest BCUT2D eigenvalue weighted by molar-refractivity contribution is 5.76. The number of carbonyl (C=O) groups is 1. The number of hydrogen-bond acceptors (Lipinski definition) is 3. The van der Waals surface area contributed by atoms with Gasteiger partial charge in [0.15, 0.2) is 24.8 Å². The van der Waals surface area contributed by atoms with Crippen molar-refractivity contribution in [2.45, 2.75) is 0 Å². The summed E-state index contributed by atoms with van der Waals surface area (Å²) in [6, 6.07) is 23.1. The number of rotatable bonds is 6. The number of pyridine rings is 2. The number of benzene rings is 2. The van der Waals surface area contributed by atoms with E-state index in [1.165, 1.54) is 0 Å². The molecule has 0 radical (unpaired) electrons. The van der Waals surface area contributed by atoms with Crippen LogP contribution in [0.1, 0.15) is 32.6 Å². The van der Waals surface area contributed by atoms with E-state index >= 15 is 0 Å². The smallest absolute Gasteiger partial charge is 0.292 e. The lowest BCUT2D eigenvalue weighted by Crippen LogP contribution is -2.25. The second kappa shape index (κ2) is 13.0. The molecule has 4 aromatic rings. The maximum Gasteiger partial charge on any atom is 0.292 e. The Hall–Kier alpha value is -4.82. The molecule has 0 unspecified atom stereocenters. The number of aryl methyl sites for hydroxylation is 2. The summed E-state index contributed by atoms with van der Waals surface area (Å²) in [5, 5.41) is 8.38. The van der Waals surface area contributed by atoms with Gasteiger partial charge in [-0.3, -0.25) is 4.79 Å². The van der Waals surface area contributed by atoms with Gasteiger partial charge < -0.3 is 4.74 Å². The van der Waals surface area contributed by atoms with E-state index < -0.39 is 0 Å². The molecule has 0 saturated heterocycles. The van der Waals surface area contributed by atoms with Crippen LogP contribution in [0.15, 0.2) is 97.6 Å². The molecule has 0 aliphatic carbocycles. The van der Waals surface area contributed by atoms with Gasteiger partial charge in [0.25, 0.3) is 6.26 Å². The Bertz CT molecular complexity index is 1320. The number of hydrogen-bond donors (Lipinski definition) is 0. The van der Waals surface area contributed by atoms with Crippen LogP contribution in [-0.2, 0) is 14.1 Å². The Kier molecular flexibility index (Phi) is 9.23. The first-order valence-electron chi connectivity index (χ1n) is 11.0. The average molecular weight is 462 g/mol. The van der Waals surface area contributed by atoms with E-state index in [1.54, 1.807) is 18.4 Å². The molecule has 2 aromatic heterocycles. The normalized spacial score (nSPS) is 10.4. The van der Waals surface area contributed by atoms with E-state index in [4.69, 9.17) is 10.00 Å². The maximum absolute atomic E-state index is 10.5. The van der Waals surface area contributed by atoms with E-state index in [9.17, 15) is 4.79 Å². The molecular formula is C30H27N3O2+2. The number of ether oxygens (including phenoxy) is 1. The third-order valence-corrected chi connectivity index (χ3v) is 5.06. The van der Waals surface area contributed by atoms with Gasteiger partial charge in [0.05, 0.1) is 0 Å². The molecular weight excluding hydrogens is 434 g/mol. The number of aromatic nitrogens is 2. The van der Waals surface area contributed by atoms with Crippen molar-refractivity contribution >= 4 is 30.6 Å². The number of carbonyl (C=O) groups excluding carboxylic acids is 1. The fraction of sp³-hybridized carbons (Fsp3) is 0.0667. The Morgan fingerprint density at radius 3 is 1.31 bits per heavy atom. The molecule has 5 heteroatoms. The molecule has 5 nitrogen and oxygen atoms in total. The predicted molar refractivity (Wildman–Crippen MR) is 138 cm³/mol. The molecule has 2 aromatic carbocycles. The van der Waals surface area contributed by atoms with Crippen LogP contribution in [-0.4, -0.2) is 6.29 Å². The van der Waals surface area contributed by atoms with Crippen molar-refractivity contribution in [1.82, 2.24) is 0 Å². The lowest BCUT2D eigenvalue weighted by atomic mass is 10.1. The zero-order chi connectivity index (χ0) is 24.9. The van der Waals surface area contributed by atoms with Gasteiger partial charge in [-0.05, 0) is 34.4 Å². The second-order valence-corrected chi connectivity index (χ2v) is 7.81. The molecule has 0 aliphatic heterocycles. The lowest BCUT2D eigenvalue weighted by molar-refractivity contribution is -0.671. The number of nitrogens with zero attached hydrogens (tertiary/aromatic N) is 3. The van der Waals surface area contributed by atoms with Crippen LogP contribution >= 0.6 is 0 Å². The summed E-state index contributed by atoms with van der Waals surface area (Å²) in [7, 11) is 3.98. The van der Waals surface area contributed by atoms with Gasteiger partial charge in [0.1, 0.15) is 26.1 Å². The van der Waals surface area contributed by atoms with Crippen LogP contribution in [0.2, 0.25) is 0 Å². The summed E-state index contributed by atoms with van der Waals surface area (Å²) in [5.74, 6) is 0.557. The molecule has 172 valence electrons. The fourth-order valence-electron chi connectivity index (χ4n) is 3.02. The van der Waals surface area contributed by atoms with Gasteiger partial charge in [-0.25, -0.2) is 9.13 Å². The Balaban J connectivity index is 0.000000196. The molecule has 0 aliphatic rings. The van der Waals surface area contributed by atoms with Gasteiger partial charge in [-0.2, -0.15) is 0 Å². The van der Waals surface area contributed by atoms with Crippen LogP contribution in [0.3, 0.4) is 0 Å². The summed E-state index contributed by atoms with van der Waals surface area (Å²) in [4.78, 5) is 10.5. The molecule has 0 amide bonds. The van der Waals surface area contributed by atoms with Gasteiger partial charge in [-0.15, -0.1) is 5.26 Å². The second-order valence-electron chi connectivity index (χ2n) is 7.81. The van der Waals surface area contributed by atoms with Crippen molar-refractivity contribution < 1.29 is 18.7 Å². The minimum Gasteiger partial charge on any atom is -0.388 e. The molecule has 0 saturated carbocycles. The summed E-state index contributed by atoms with van der Waals surface area (Å²) < 4.78 is 8.70. The standard InChI is InChI=1S/C15H13N2O.C15H14NO/c1-17-10-8-14(9-11-17)3-2-13-4-6-15(7-5-13)18-12-16;1-16-10-8-14(9-11-16)3-2-13-4-6-15(12-17)7-5-13/h2-11H,1H3;2-12H,1H3/q2*+1/b2*3-2+. The monoisotopic (exact) mass is 461 g/mol. The summed E-state index contributed by atoms with van der Waals surface area (Å²) in [5.41, 5.74) is 5.15. The number of aldehydes is 1. The molecule has 0 atom stereocenters. The van der Waals surface area contributed by atoms with Crippen molar-refractivity contribution in [1.29, 1.82) is 5.26 Å².